The molecule has 0 radical (unpaired) electrons. The van der Waals surface area contributed by atoms with E-state index in [1.807, 2.05) is 0 Å². The highest BCUT2D eigenvalue weighted by atomic mass is 29.7. The minimum Gasteiger partial charge on any atom is -0.432 e. The zero-order valence-electron chi connectivity index (χ0n) is 6.86. The Morgan fingerprint density at radius 1 is 1.42 bits per heavy atom. The molecule has 0 aromatic rings. The van der Waals surface area contributed by atoms with Crippen molar-refractivity contribution >= 4 is 34.7 Å². The Hall–Kier alpha value is 0.618. The van der Waals surface area contributed by atoms with Crippen LogP contribution in [0.4, 0.5) is 13.2 Å². The number of rotatable bonds is 2. The van der Waals surface area contributed by atoms with Gasteiger partial charge < -0.3 is 4.43 Å². The maximum absolute atomic E-state index is 11.8. The van der Waals surface area contributed by atoms with Crippen LogP contribution in [0, 0.1) is 0 Å². The topological polar surface area (TPSA) is 9.23 Å². The SMILES string of the molecule is FC(F)(F)CC[SiH]1CO[SiH2][SiH2][SiH2]1. The highest BCUT2D eigenvalue weighted by Crippen LogP contribution is 2.22. The normalized spacial score (nSPS) is 31.8. The van der Waals surface area contributed by atoms with E-state index in [-0.39, 0.29) is 26.4 Å². The van der Waals surface area contributed by atoms with Gasteiger partial charge in [0.05, 0.1) is 8.31 Å². The summed E-state index contributed by atoms with van der Waals surface area (Å²) in [6.45, 7) is 0. The van der Waals surface area contributed by atoms with Crippen LogP contribution in [0.25, 0.3) is 0 Å². The van der Waals surface area contributed by atoms with Crippen LogP contribution in [0.1, 0.15) is 6.42 Å². The quantitative estimate of drug-likeness (QED) is 0.538. The average Bonchev–Trinajstić information content (AvgIpc) is 2.02. The summed E-state index contributed by atoms with van der Waals surface area (Å²) in [5.41, 5.74) is 0. The third-order valence-corrected chi connectivity index (χ3v) is 38.4. The number of alkyl halides is 3. The summed E-state index contributed by atoms with van der Waals surface area (Å²) in [7, 11) is -0.838. The molecule has 12 heavy (non-hydrogen) atoms. The molecule has 1 fully saturated rings. The van der Waals surface area contributed by atoms with E-state index in [2.05, 4.69) is 0 Å². The second-order valence-corrected chi connectivity index (χ2v) is 28.1. The molecule has 72 valence electrons. The van der Waals surface area contributed by atoms with Crippen LogP contribution >= 0.6 is 0 Å². The Labute approximate surface area is 77.6 Å². The van der Waals surface area contributed by atoms with E-state index in [9.17, 15) is 13.2 Å². The van der Waals surface area contributed by atoms with Crippen molar-refractivity contribution in [2.24, 2.45) is 0 Å². The minimum absolute atomic E-state index is 0.0680. The van der Waals surface area contributed by atoms with Gasteiger partial charge in [0.2, 0.25) is 0 Å². The Bertz CT molecular complexity index is 135. The van der Waals surface area contributed by atoms with E-state index in [4.69, 9.17) is 4.43 Å². The van der Waals surface area contributed by atoms with Crippen molar-refractivity contribution < 1.29 is 17.6 Å². The Kier molecular flexibility index (Phi) is 4.23. The molecule has 0 aromatic carbocycles. The van der Waals surface area contributed by atoms with E-state index >= 15 is 0 Å². The van der Waals surface area contributed by atoms with Gasteiger partial charge in [-0.3, -0.25) is 0 Å². The van der Waals surface area contributed by atoms with E-state index in [1.165, 1.54) is 0 Å². The lowest BCUT2D eigenvalue weighted by Gasteiger charge is -2.20. The molecule has 0 aliphatic carbocycles. The Morgan fingerprint density at radius 2 is 2.17 bits per heavy atom. The van der Waals surface area contributed by atoms with Gasteiger partial charge >= 0.3 is 6.18 Å². The fourth-order valence-corrected chi connectivity index (χ4v) is 46.3. The van der Waals surface area contributed by atoms with Crippen LogP contribution < -0.4 is 0 Å². The number of hydrogen-bond acceptors (Lipinski definition) is 1. The smallest absolute Gasteiger partial charge is 0.388 e. The predicted molar refractivity (Wildman–Crippen MR) is 54.2 cm³/mol. The van der Waals surface area contributed by atoms with Gasteiger partial charge in [0.1, 0.15) is 9.28 Å². The highest BCUT2D eigenvalue weighted by Gasteiger charge is 2.29. The lowest BCUT2D eigenvalue weighted by Crippen LogP contribution is -2.42. The fraction of sp³-hybridized carbons (Fsp3) is 1.00. The monoisotopic (exact) mass is 246 g/mol. The molecular weight excluding hydrogens is 233 g/mol. The van der Waals surface area contributed by atoms with E-state index < -0.39 is 20.9 Å². The molecule has 0 saturated carbocycles. The molecule has 0 amide bonds. The summed E-state index contributed by atoms with van der Waals surface area (Å²) in [4.78, 5) is 0. The van der Waals surface area contributed by atoms with Gasteiger partial charge in [-0.15, -0.1) is 0 Å². The number of halogens is 3. The van der Waals surface area contributed by atoms with Gasteiger partial charge in [0.25, 0.3) is 0 Å². The molecule has 1 heterocycles. The molecular formula is C4H13F3OSi4. The van der Waals surface area contributed by atoms with Gasteiger partial charge in [-0.1, -0.05) is 6.04 Å². The highest BCUT2D eigenvalue weighted by molar-refractivity contribution is 7.48. The summed E-state index contributed by atoms with van der Waals surface area (Å²) in [6, 6.07) is 0.483. The first-order chi connectivity index (χ1) is 5.58. The van der Waals surface area contributed by atoms with Gasteiger partial charge in [0.15, 0.2) is 0 Å². The molecule has 0 aromatic heterocycles. The summed E-state index contributed by atoms with van der Waals surface area (Å²) >= 11 is 0. The zero-order valence-corrected chi connectivity index (χ0v) is 12.3. The molecule has 1 unspecified atom stereocenters. The molecule has 1 atom stereocenters. The van der Waals surface area contributed by atoms with Gasteiger partial charge in [0, 0.05) is 29.8 Å². The first-order valence-electron chi connectivity index (χ1n) is 4.22. The van der Waals surface area contributed by atoms with E-state index in [1.54, 1.807) is 0 Å². The maximum atomic E-state index is 11.8. The van der Waals surface area contributed by atoms with Gasteiger partial charge in [-0.05, 0) is 0 Å². The molecule has 1 nitrogen and oxygen atoms in total. The molecule has 0 bridgehead atoms. The average molecular weight is 246 g/mol. The second-order valence-electron chi connectivity index (χ2n) is 3.24. The largest absolute Gasteiger partial charge is 0.432 e. The van der Waals surface area contributed by atoms with Crippen LogP contribution in [0.15, 0.2) is 0 Å². The predicted octanol–water partition coefficient (Wildman–Crippen LogP) is -1.52. The Balaban J connectivity index is 2.13. The van der Waals surface area contributed by atoms with Crippen LogP contribution in [0.5, 0.6) is 0 Å². The van der Waals surface area contributed by atoms with Gasteiger partial charge in [-0.25, -0.2) is 0 Å². The lowest BCUT2D eigenvalue weighted by atomic mass is 10.5. The van der Waals surface area contributed by atoms with Crippen molar-refractivity contribution in [1.82, 2.24) is 0 Å². The van der Waals surface area contributed by atoms with Crippen molar-refractivity contribution in [3.63, 3.8) is 0 Å². The number of hydrogen-bond donors (Lipinski definition) is 0. The van der Waals surface area contributed by atoms with E-state index in [0.717, 1.165) is 6.23 Å². The van der Waals surface area contributed by atoms with E-state index in [0.29, 0.717) is 6.04 Å². The van der Waals surface area contributed by atoms with Crippen LogP contribution in [-0.2, 0) is 4.43 Å². The summed E-state index contributed by atoms with van der Waals surface area (Å²) in [6.07, 6.45) is -3.64. The van der Waals surface area contributed by atoms with Crippen molar-refractivity contribution in [2.75, 3.05) is 6.23 Å². The summed E-state index contributed by atoms with van der Waals surface area (Å²) in [5, 5.41) is 0. The van der Waals surface area contributed by atoms with Crippen molar-refractivity contribution in [2.45, 2.75) is 18.6 Å². The van der Waals surface area contributed by atoms with Crippen LogP contribution in [0.3, 0.4) is 0 Å². The molecule has 0 N–H and O–H groups in total. The lowest BCUT2D eigenvalue weighted by molar-refractivity contribution is -0.130. The Morgan fingerprint density at radius 3 is 2.67 bits per heavy atom. The van der Waals surface area contributed by atoms with Crippen molar-refractivity contribution in [3.8, 4) is 0 Å². The van der Waals surface area contributed by atoms with Gasteiger partial charge in [-0.2, -0.15) is 13.2 Å². The first-order valence-corrected chi connectivity index (χ1v) is 17.7. The van der Waals surface area contributed by atoms with Crippen LogP contribution in [-0.4, -0.2) is 47.1 Å². The molecule has 1 rings (SSSR count). The summed E-state index contributed by atoms with van der Waals surface area (Å²) in [5.74, 6) is 0. The third kappa shape index (κ3) is 4.60. The second kappa shape index (κ2) is 4.74. The minimum atomic E-state index is -3.92. The standard InChI is InChI=1S/C4H13F3OSi4/c5-4(6,7)1-2-12-3-8-9-10-11-12/h12H,1-3,9-11H2. The molecule has 1 aliphatic rings. The molecule has 0 spiro atoms. The zero-order chi connectivity index (χ0) is 9.03. The maximum Gasteiger partial charge on any atom is 0.388 e. The van der Waals surface area contributed by atoms with Crippen LogP contribution in [0.2, 0.25) is 6.04 Å². The third-order valence-electron chi connectivity index (χ3n) is 2.09. The first kappa shape index (κ1) is 10.7. The molecule has 1 saturated heterocycles. The fourth-order valence-electron chi connectivity index (χ4n) is 1.40. The van der Waals surface area contributed by atoms with Crippen molar-refractivity contribution in [3.05, 3.63) is 0 Å². The van der Waals surface area contributed by atoms with Crippen molar-refractivity contribution in [1.29, 1.82) is 0 Å². The molecule has 8 heteroatoms. The summed E-state index contributed by atoms with van der Waals surface area (Å²) < 4.78 is 40.9. The molecule has 1 aliphatic heterocycles.